The second kappa shape index (κ2) is 26.7. The lowest BCUT2D eigenvalue weighted by Crippen LogP contribution is -2.37. The Kier molecular flexibility index (Phi) is 22.4. The molecule has 0 spiro atoms. The van der Waals surface area contributed by atoms with E-state index in [4.69, 9.17) is 29.0 Å². The average Bonchev–Trinajstić information content (AvgIpc) is 3.63. The number of hydrogen-bond acceptors (Lipinski definition) is 12. The van der Waals surface area contributed by atoms with Gasteiger partial charge in [-0.3, -0.25) is 9.05 Å². The van der Waals surface area contributed by atoms with E-state index < -0.39 is 38.8 Å². The number of aliphatic hydroxyl groups is 2. The molecule has 0 amide bonds. The minimum absolute atomic E-state index is 0.124. The Morgan fingerprint density at radius 3 is 2.02 bits per heavy atom. The van der Waals surface area contributed by atoms with Crippen LogP contribution in [0.3, 0.4) is 0 Å². The molecule has 55 heavy (non-hydrogen) atoms. The summed E-state index contributed by atoms with van der Waals surface area (Å²) in [6.45, 7) is 3.68. The van der Waals surface area contributed by atoms with Crippen LogP contribution in [-0.4, -0.2) is 74.4 Å². The Bertz CT molecular complexity index is 1540. The lowest BCUT2D eigenvalue weighted by molar-refractivity contribution is -0.0861. The van der Waals surface area contributed by atoms with Crippen molar-refractivity contribution in [2.75, 3.05) is 32.2 Å². The molecule has 0 fully saturated rings. The van der Waals surface area contributed by atoms with Crippen LogP contribution in [0.5, 0.6) is 0 Å². The SMILES string of the molecule is CCCCCCCCCCCCCCCCCCOC[C@H](COP(=O)(O)OC[C@@H](OC#N)[C@@H](O)[C@@H](O)c1ccc2c(N)ncnn12)OC(C)c1ccccc1. The standard InChI is InChI=1S/C40H64N5O9P/c1-3-4-5-6-7-8-9-10-11-12-13-14-15-16-17-21-26-50-27-34(54-32(2)33-22-19-18-20-23-33)28-52-55(48,49)53-29-37(51-30-41)39(47)38(46)35-24-25-36-40(42)43-31-44-45(35)36/h18-20,22-25,31-32,34,37-39,46-47H,3-17,21,26-29H2,1-2H3,(H,48,49)(H2,42,43,44)/t32?,34-,37-,38+,39-/m1/s1. The maximum absolute atomic E-state index is 13.0. The minimum atomic E-state index is -4.75. The molecule has 15 heteroatoms. The van der Waals surface area contributed by atoms with E-state index in [-0.39, 0.29) is 30.8 Å². The first-order valence-electron chi connectivity index (χ1n) is 20.1. The van der Waals surface area contributed by atoms with Crippen molar-refractivity contribution in [2.24, 2.45) is 0 Å². The molecule has 2 heterocycles. The molecule has 308 valence electrons. The number of nitriles is 1. The summed E-state index contributed by atoms with van der Waals surface area (Å²) in [7, 11) is -4.75. The number of rotatable bonds is 32. The molecule has 3 aromatic rings. The van der Waals surface area contributed by atoms with E-state index in [1.807, 2.05) is 37.3 Å². The number of phosphoric acid groups is 1. The molecular weight excluding hydrogens is 725 g/mol. The highest BCUT2D eigenvalue weighted by Crippen LogP contribution is 2.44. The van der Waals surface area contributed by atoms with Crippen molar-refractivity contribution in [3.8, 4) is 6.26 Å². The third-order valence-electron chi connectivity index (χ3n) is 9.66. The first-order chi connectivity index (χ1) is 26.7. The van der Waals surface area contributed by atoms with Crippen molar-refractivity contribution in [1.82, 2.24) is 14.6 Å². The normalized spacial score (nSPS) is 15.6. The highest BCUT2D eigenvalue weighted by atomic mass is 31.2. The molecule has 14 nitrogen and oxygen atoms in total. The van der Waals surface area contributed by atoms with Gasteiger partial charge in [-0.25, -0.2) is 14.1 Å². The van der Waals surface area contributed by atoms with E-state index in [1.165, 1.54) is 107 Å². The van der Waals surface area contributed by atoms with Gasteiger partial charge in [0.25, 0.3) is 6.26 Å². The summed E-state index contributed by atoms with van der Waals surface area (Å²) in [5.74, 6) is 0.153. The van der Waals surface area contributed by atoms with Crippen LogP contribution in [0.1, 0.15) is 140 Å². The van der Waals surface area contributed by atoms with Gasteiger partial charge >= 0.3 is 7.82 Å². The van der Waals surface area contributed by atoms with E-state index in [1.54, 1.807) is 6.07 Å². The third-order valence-corrected chi connectivity index (χ3v) is 10.6. The Morgan fingerprint density at radius 2 is 1.42 bits per heavy atom. The fraction of sp³-hybridized carbons (Fsp3) is 0.675. The fourth-order valence-electron chi connectivity index (χ4n) is 6.41. The first kappa shape index (κ1) is 46.3. The lowest BCUT2D eigenvalue weighted by atomic mass is 10.0. The summed E-state index contributed by atoms with van der Waals surface area (Å²) in [4.78, 5) is 14.4. The first-order valence-corrected chi connectivity index (χ1v) is 21.5. The van der Waals surface area contributed by atoms with Crippen molar-refractivity contribution in [3.63, 3.8) is 0 Å². The van der Waals surface area contributed by atoms with Gasteiger partial charge in [-0.2, -0.15) is 10.4 Å². The van der Waals surface area contributed by atoms with Crippen molar-refractivity contribution >= 4 is 19.2 Å². The van der Waals surface area contributed by atoms with Crippen LogP contribution in [0.4, 0.5) is 5.82 Å². The number of anilines is 1. The van der Waals surface area contributed by atoms with Gasteiger partial charge in [-0.1, -0.05) is 134 Å². The van der Waals surface area contributed by atoms with Crippen LogP contribution in [0, 0.1) is 11.5 Å². The topological polar surface area (TPSA) is 204 Å². The highest BCUT2D eigenvalue weighted by molar-refractivity contribution is 7.47. The van der Waals surface area contributed by atoms with Gasteiger partial charge in [0.05, 0.1) is 31.6 Å². The van der Waals surface area contributed by atoms with Crippen LogP contribution >= 0.6 is 7.82 Å². The second-order valence-electron chi connectivity index (χ2n) is 14.1. The summed E-state index contributed by atoms with van der Waals surface area (Å²) in [5.41, 5.74) is 7.28. The van der Waals surface area contributed by atoms with Gasteiger partial charge in [0.2, 0.25) is 0 Å². The number of nitrogens with two attached hydrogens (primary N) is 1. The number of nitrogen functional groups attached to an aromatic ring is 1. The quantitative estimate of drug-likeness (QED) is 0.0268. The molecule has 2 unspecified atom stereocenters. The number of nitrogens with zero attached hydrogens (tertiary/aromatic N) is 4. The average molecular weight is 790 g/mol. The zero-order valence-corrected chi connectivity index (χ0v) is 33.6. The molecule has 0 saturated carbocycles. The molecule has 3 rings (SSSR count). The smallest absolute Gasteiger partial charge is 0.419 e. The molecule has 5 N–H and O–H groups in total. The number of aliphatic hydroxyl groups excluding tert-OH is 2. The molecule has 2 aromatic heterocycles. The lowest BCUT2D eigenvalue weighted by Gasteiger charge is -2.26. The zero-order valence-electron chi connectivity index (χ0n) is 32.8. The predicted molar refractivity (Wildman–Crippen MR) is 211 cm³/mol. The number of hydrogen-bond donors (Lipinski definition) is 4. The monoisotopic (exact) mass is 789 g/mol. The number of unbranched alkanes of at least 4 members (excludes halogenated alkanes) is 15. The molecule has 0 bridgehead atoms. The maximum Gasteiger partial charge on any atom is 0.472 e. The van der Waals surface area contributed by atoms with Gasteiger partial charge in [-0.15, -0.1) is 0 Å². The van der Waals surface area contributed by atoms with Crippen LogP contribution < -0.4 is 5.73 Å². The van der Waals surface area contributed by atoms with Crippen LogP contribution in [0.2, 0.25) is 0 Å². The van der Waals surface area contributed by atoms with Gasteiger partial charge in [0.15, 0.2) is 11.9 Å². The van der Waals surface area contributed by atoms with Crippen LogP contribution in [0.25, 0.3) is 5.52 Å². The van der Waals surface area contributed by atoms with E-state index in [0.29, 0.717) is 12.1 Å². The summed E-state index contributed by atoms with van der Waals surface area (Å²) in [6, 6.07) is 12.6. The van der Waals surface area contributed by atoms with Crippen molar-refractivity contribution in [3.05, 3.63) is 60.0 Å². The van der Waals surface area contributed by atoms with E-state index >= 15 is 0 Å². The molecule has 0 aliphatic rings. The molecule has 0 saturated heterocycles. The molecule has 1 aromatic carbocycles. The highest BCUT2D eigenvalue weighted by Gasteiger charge is 2.35. The van der Waals surface area contributed by atoms with Gasteiger partial charge in [-0.05, 0) is 31.0 Å². The van der Waals surface area contributed by atoms with E-state index in [0.717, 1.165) is 24.8 Å². The number of phosphoric ester groups is 1. The van der Waals surface area contributed by atoms with E-state index in [2.05, 4.69) is 17.0 Å². The summed E-state index contributed by atoms with van der Waals surface area (Å²) >= 11 is 0. The number of ether oxygens (including phenoxy) is 3. The maximum atomic E-state index is 13.0. The van der Waals surface area contributed by atoms with Crippen molar-refractivity contribution < 1.29 is 42.9 Å². The molecular formula is C40H64N5O9P. The Morgan fingerprint density at radius 1 is 0.836 bits per heavy atom. The van der Waals surface area contributed by atoms with Gasteiger partial charge in [0, 0.05) is 6.61 Å². The fourth-order valence-corrected chi connectivity index (χ4v) is 7.18. The summed E-state index contributed by atoms with van der Waals surface area (Å²) in [5, 5.41) is 35.0. The Balaban J connectivity index is 1.39. The van der Waals surface area contributed by atoms with E-state index in [9.17, 15) is 24.9 Å². The Labute approximate surface area is 326 Å². The van der Waals surface area contributed by atoms with Crippen LogP contribution in [-0.2, 0) is 27.8 Å². The van der Waals surface area contributed by atoms with Gasteiger partial charge < -0.3 is 35.1 Å². The third kappa shape index (κ3) is 17.7. The summed E-state index contributed by atoms with van der Waals surface area (Å²) in [6.07, 6.45) is 17.2. The molecule has 0 aliphatic heterocycles. The Hall–Kier alpha value is -3.12. The van der Waals surface area contributed by atoms with Crippen molar-refractivity contribution in [1.29, 1.82) is 5.26 Å². The van der Waals surface area contributed by atoms with Crippen LogP contribution in [0.15, 0.2) is 48.8 Å². The van der Waals surface area contributed by atoms with Gasteiger partial charge in [0.1, 0.15) is 30.2 Å². The molecule has 0 aliphatic carbocycles. The van der Waals surface area contributed by atoms with Crippen molar-refractivity contribution in [2.45, 2.75) is 147 Å². The zero-order chi connectivity index (χ0) is 39.7. The molecule has 6 atom stereocenters. The second-order valence-corrected chi connectivity index (χ2v) is 15.6. The number of fused-ring (bicyclic) bond motifs is 1. The predicted octanol–water partition coefficient (Wildman–Crippen LogP) is 8.13. The number of benzene rings is 1. The summed E-state index contributed by atoms with van der Waals surface area (Å²) < 4.78 is 41.6. The molecule has 0 radical (unpaired) electrons. The minimum Gasteiger partial charge on any atom is -0.419 e. The largest absolute Gasteiger partial charge is 0.472 e. The number of aromatic nitrogens is 3.